The van der Waals surface area contributed by atoms with Gasteiger partial charge in [0.2, 0.25) is 0 Å². The largest absolute Gasteiger partial charge is 0.386 e. The second-order valence-electron chi connectivity index (χ2n) is 13.7. The van der Waals surface area contributed by atoms with Gasteiger partial charge in [0.05, 0.1) is 53.2 Å². The van der Waals surface area contributed by atoms with Gasteiger partial charge in [-0.1, -0.05) is 23.2 Å². The Bertz CT molecular complexity index is 3540. The highest BCUT2D eigenvalue weighted by atomic mass is 35.5. The molecule has 0 spiro atoms. The summed E-state index contributed by atoms with van der Waals surface area (Å²) in [6.07, 6.45) is 0. The fourth-order valence-electron chi connectivity index (χ4n) is 6.26. The third-order valence-corrected chi connectivity index (χ3v) is 15.5. The van der Waals surface area contributed by atoms with Crippen LogP contribution in [0.2, 0.25) is 8.67 Å². The molecule has 0 aliphatic heterocycles. The number of nitrogens with one attached hydrogen (secondary N) is 8. The first-order valence-electron chi connectivity index (χ1n) is 18.9. The second kappa shape index (κ2) is 19.5. The molecule has 0 radical (unpaired) electrons. The molecular weight excluding hydrogens is 1020 g/mol. The smallest absolute Gasteiger partial charge is 0.333 e. The van der Waals surface area contributed by atoms with E-state index in [0.29, 0.717) is 0 Å². The number of fused-ring (bicyclic) bond motifs is 2. The first kappa shape index (κ1) is 48.6. The lowest BCUT2D eigenvalue weighted by atomic mass is 10.2. The molecule has 8 N–H and O–H groups in total. The number of hydrogen-bond acceptors (Lipinski definition) is 14. The lowest BCUT2D eigenvalue weighted by Crippen LogP contribution is -2.34. The number of nitrogens with zero attached hydrogens (tertiary/aromatic N) is 2. The maximum Gasteiger partial charge on any atom is 0.333 e. The van der Waals surface area contributed by atoms with Gasteiger partial charge in [-0.3, -0.25) is 9.59 Å². The minimum Gasteiger partial charge on any atom is -0.386 e. The van der Waals surface area contributed by atoms with Gasteiger partial charge in [-0.25, -0.2) is 63.4 Å². The zero-order chi connectivity index (χ0) is 49.2. The molecule has 28 heteroatoms. The molecule has 8 aromatic rings. The number of H-pyrrole nitrogens is 2. The third kappa shape index (κ3) is 10.4. The molecule has 0 bridgehead atoms. The number of aromatic nitrogens is 4. The molecule has 0 atom stereocenters. The lowest BCUT2D eigenvalue weighted by Gasteiger charge is -2.10. The van der Waals surface area contributed by atoms with Crippen LogP contribution in [-0.4, -0.2) is 62.1 Å². The van der Waals surface area contributed by atoms with E-state index in [2.05, 4.69) is 31.2 Å². The van der Waals surface area contributed by atoms with E-state index < -0.39 is 66.2 Å². The number of sulfonamides is 2. The Morgan fingerprint density at radius 3 is 1.22 bits per heavy atom. The van der Waals surface area contributed by atoms with Gasteiger partial charge in [0, 0.05) is 25.5 Å². The second-order valence-corrected chi connectivity index (χ2v) is 21.0. The van der Waals surface area contributed by atoms with Crippen molar-refractivity contribution in [3.63, 3.8) is 0 Å². The molecule has 352 valence electrons. The van der Waals surface area contributed by atoms with E-state index in [-0.39, 0.29) is 73.0 Å². The Kier molecular flexibility index (Phi) is 13.9. The Labute approximate surface area is 398 Å². The van der Waals surface area contributed by atoms with E-state index in [4.69, 9.17) is 23.2 Å². The standard InChI is InChI=1S/2C20H15ClFN5O5S2/c2*1-23-15-9-14-12(8-13(15)22)18(28)27(20(30)25-14)11-4-2-10(3-5-11)24-19(29)26-34(31,32)17-7-6-16(21)33-17/h2*2-9,23H,1H3,(H,25,30)(H2,24,26,29). The van der Waals surface area contributed by atoms with Crippen LogP contribution in [0.15, 0.2) is 125 Å². The van der Waals surface area contributed by atoms with E-state index in [1.165, 1.54) is 99.0 Å². The van der Waals surface area contributed by atoms with Crippen molar-refractivity contribution in [3.8, 4) is 11.4 Å². The van der Waals surface area contributed by atoms with Gasteiger partial charge in [-0.15, -0.1) is 22.7 Å². The third-order valence-electron chi connectivity index (χ3n) is 9.36. The van der Waals surface area contributed by atoms with Crippen molar-refractivity contribution in [2.24, 2.45) is 0 Å². The quantitative estimate of drug-likeness (QED) is 0.0764. The van der Waals surface area contributed by atoms with E-state index in [9.17, 15) is 54.4 Å². The molecule has 4 aromatic carbocycles. The number of aromatic amines is 2. The summed E-state index contributed by atoms with van der Waals surface area (Å²) in [6.45, 7) is 0. The van der Waals surface area contributed by atoms with Crippen LogP contribution >= 0.6 is 45.9 Å². The molecule has 0 aliphatic carbocycles. The predicted octanol–water partition coefficient (Wildman–Crippen LogP) is 6.17. The number of thiophene rings is 2. The van der Waals surface area contributed by atoms with Gasteiger partial charge >= 0.3 is 23.4 Å². The Balaban J connectivity index is 0.000000201. The number of rotatable bonds is 10. The topological polar surface area (TPSA) is 284 Å². The number of amides is 4. The number of benzene rings is 4. The minimum atomic E-state index is -4.10. The van der Waals surface area contributed by atoms with Crippen LogP contribution in [-0.2, 0) is 20.0 Å². The van der Waals surface area contributed by atoms with Crippen molar-refractivity contribution < 1.29 is 35.2 Å². The summed E-state index contributed by atoms with van der Waals surface area (Å²) in [7, 11) is -5.20. The van der Waals surface area contributed by atoms with Crippen molar-refractivity contribution in [1.29, 1.82) is 0 Å². The SMILES string of the molecule is CNc1cc2[nH]c(=O)n(-c3ccc(NC(=O)NS(=O)(=O)c4ccc(Cl)s4)cc3)c(=O)c2cc1F.CNc1cc2[nH]c(=O)n(-c3ccc(NC(=O)NS(=O)(=O)c4ccc(Cl)s4)cc3)c(=O)c2cc1F. The van der Waals surface area contributed by atoms with Crippen molar-refractivity contribution >= 4 is 123 Å². The first-order chi connectivity index (χ1) is 32.2. The van der Waals surface area contributed by atoms with E-state index >= 15 is 0 Å². The summed E-state index contributed by atoms with van der Waals surface area (Å²) >= 11 is 13.0. The highest BCUT2D eigenvalue weighted by Crippen LogP contribution is 2.27. The average Bonchev–Trinajstić information content (AvgIpc) is 3.94. The number of anilines is 4. The van der Waals surface area contributed by atoms with E-state index in [0.717, 1.165) is 43.9 Å². The Hall–Kier alpha value is -7.36. The Morgan fingerprint density at radius 1 is 0.559 bits per heavy atom. The maximum atomic E-state index is 14.1. The molecule has 0 aliphatic rings. The van der Waals surface area contributed by atoms with Crippen molar-refractivity contribution in [2.75, 3.05) is 35.4 Å². The molecule has 8 rings (SSSR count). The van der Waals surface area contributed by atoms with Crippen LogP contribution in [0.3, 0.4) is 0 Å². The van der Waals surface area contributed by atoms with Crippen molar-refractivity contribution in [3.05, 3.63) is 159 Å². The highest BCUT2D eigenvalue weighted by molar-refractivity contribution is 7.92. The van der Waals surface area contributed by atoms with Crippen molar-refractivity contribution in [2.45, 2.75) is 8.42 Å². The predicted molar refractivity (Wildman–Crippen MR) is 257 cm³/mol. The van der Waals surface area contributed by atoms with Crippen LogP contribution in [0.1, 0.15) is 0 Å². The normalized spacial score (nSPS) is 11.4. The number of halogens is 4. The van der Waals surface area contributed by atoms with E-state index in [1.807, 2.05) is 9.44 Å². The summed E-state index contributed by atoms with van der Waals surface area (Å²) in [4.78, 5) is 80.1. The number of urea groups is 2. The van der Waals surface area contributed by atoms with Crippen LogP contribution in [0.25, 0.3) is 33.2 Å². The van der Waals surface area contributed by atoms with E-state index in [1.54, 1.807) is 0 Å². The molecule has 0 unspecified atom stereocenters. The van der Waals surface area contributed by atoms with Gasteiger partial charge in [0.15, 0.2) is 0 Å². The molecule has 4 heterocycles. The van der Waals surface area contributed by atoms with Gasteiger partial charge in [-0.2, -0.15) is 0 Å². The van der Waals surface area contributed by atoms with Crippen LogP contribution < -0.4 is 53.2 Å². The molecular formula is C40H30Cl2F2N10O10S4. The fourth-order valence-corrected chi connectivity index (χ4v) is 11.0. The maximum absolute atomic E-state index is 14.1. The van der Waals surface area contributed by atoms with Gasteiger partial charge < -0.3 is 31.2 Å². The monoisotopic (exact) mass is 1050 g/mol. The van der Waals surface area contributed by atoms with Crippen LogP contribution in [0, 0.1) is 11.6 Å². The zero-order valence-corrected chi connectivity index (χ0v) is 39.1. The van der Waals surface area contributed by atoms with Gasteiger partial charge in [0.1, 0.15) is 20.1 Å². The lowest BCUT2D eigenvalue weighted by molar-refractivity contribution is 0.255. The Morgan fingerprint density at radius 2 is 0.912 bits per heavy atom. The molecule has 0 saturated heterocycles. The first-order valence-corrected chi connectivity index (χ1v) is 24.3. The molecule has 68 heavy (non-hydrogen) atoms. The minimum absolute atomic E-state index is 0.0310. The summed E-state index contributed by atoms with van der Waals surface area (Å²) in [5.74, 6) is -1.31. The molecule has 4 aromatic heterocycles. The molecule has 0 saturated carbocycles. The van der Waals surface area contributed by atoms with Crippen LogP contribution in [0.4, 0.5) is 41.1 Å². The molecule has 4 amide bonds. The van der Waals surface area contributed by atoms with Gasteiger partial charge in [-0.05, 0) is 97.1 Å². The summed E-state index contributed by atoms with van der Waals surface area (Å²) in [5, 5.41) is 9.89. The highest BCUT2D eigenvalue weighted by Gasteiger charge is 2.22. The van der Waals surface area contributed by atoms with Crippen molar-refractivity contribution in [1.82, 2.24) is 28.5 Å². The average molecular weight is 1050 g/mol. The molecule has 0 fully saturated rings. The molecule has 20 nitrogen and oxygen atoms in total. The fraction of sp³-hybridized carbons (Fsp3) is 0.0500. The number of hydrogen-bond donors (Lipinski definition) is 8. The summed E-state index contributed by atoms with van der Waals surface area (Å²) < 4.78 is 82.7. The van der Waals surface area contributed by atoms with Gasteiger partial charge in [0.25, 0.3) is 31.2 Å². The number of carbonyl (C=O) groups is 2. The summed E-state index contributed by atoms with van der Waals surface area (Å²) in [5.41, 5.74) is -1.70. The summed E-state index contributed by atoms with van der Waals surface area (Å²) in [6, 6.07) is 18.9. The zero-order valence-electron chi connectivity index (χ0n) is 34.4. The number of carbonyl (C=O) groups excluding carboxylic acids is 2. The van der Waals surface area contributed by atoms with Crippen LogP contribution in [0.5, 0.6) is 0 Å².